The fourth-order valence-electron chi connectivity index (χ4n) is 2.41. The Bertz CT molecular complexity index is 552. The van der Waals surface area contributed by atoms with E-state index in [9.17, 15) is 0 Å². The molecule has 0 bridgehead atoms. The fourth-order valence-corrected chi connectivity index (χ4v) is 2.41. The highest BCUT2D eigenvalue weighted by Crippen LogP contribution is 2.20. The summed E-state index contributed by atoms with van der Waals surface area (Å²) in [7, 11) is 1.99. The van der Waals surface area contributed by atoms with Gasteiger partial charge < -0.3 is 5.73 Å². The summed E-state index contributed by atoms with van der Waals surface area (Å²) in [5, 5.41) is 4.47. The Labute approximate surface area is 121 Å². The third kappa shape index (κ3) is 3.28. The lowest BCUT2D eigenvalue weighted by Gasteiger charge is -2.13. The van der Waals surface area contributed by atoms with Gasteiger partial charge in [0.1, 0.15) is 0 Å². The van der Waals surface area contributed by atoms with Crippen molar-refractivity contribution in [2.75, 3.05) is 0 Å². The van der Waals surface area contributed by atoms with Gasteiger partial charge in [0.25, 0.3) is 0 Å². The molecule has 0 fully saturated rings. The van der Waals surface area contributed by atoms with Gasteiger partial charge in [-0.2, -0.15) is 5.10 Å². The maximum atomic E-state index is 6.33. The van der Waals surface area contributed by atoms with E-state index in [1.807, 2.05) is 11.7 Å². The number of aromatic nitrogens is 2. The van der Waals surface area contributed by atoms with Crippen LogP contribution in [0.2, 0.25) is 0 Å². The first-order chi connectivity index (χ1) is 9.51. The number of benzene rings is 1. The number of hydrogen-bond donors (Lipinski definition) is 1. The first-order valence-corrected chi connectivity index (χ1v) is 7.38. The fraction of sp³-hybridized carbons (Fsp3) is 0.471. The van der Waals surface area contributed by atoms with Crippen LogP contribution >= 0.6 is 0 Å². The van der Waals surface area contributed by atoms with Crippen molar-refractivity contribution in [2.45, 2.75) is 45.6 Å². The van der Waals surface area contributed by atoms with Crippen molar-refractivity contribution in [1.82, 2.24) is 9.78 Å². The van der Waals surface area contributed by atoms with E-state index in [1.165, 1.54) is 16.8 Å². The van der Waals surface area contributed by atoms with Crippen LogP contribution in [0.5, 0.6) is 0 Å². The van der Waals surface area contributed by atoms with Crippen molar-refractivity contribution >= 4 is 0 Å². The van der Waals surface area contributed by atoms with Gasteiger partial charge in [0.2, 0.25) is 0 Å². The van der Waals surface area contributed by atoms with E-state index in [0.717, 1.165) is 18.5 Å². The van der Waals surface area contributed by atoms with Gasteiger partial charge in [-0.1, -0.05) is 45.0 Å². The van der Waals surface area contributed by atoms with Crippen LogP contribution in [0.3, 0.4) is 0 Å². The number of nitrogens with two attached hydrogens (primary N) is 1. The SMILES string of the molecule is CCc1cc(CC(N)c2ccc(C(C)C)cc2)n(C)n1. The average Bonchev–Trinajstić information content (AvgIpc) is 2.79. The zero-order valence-corrected chi connectivity index (χ0v) is 12.9. The van der Waals surface area contributed by atoms with E-state index < -0.39 is 0 Å². The number of hydrogen-bond acceptors (Lipinski definition) is 2. The van der Waals surface area contributed by atoms with Gasteiger partial charge in [0.15, 0.2) is 0 Å². The molecule has 1 aromatic heterocycles. The lowest BCUT2D eigenvalue weighted by Crippen LogP contribution is -2.15. The van der Waals surface area contributed by atoms with E-state index in [1.54, 1.807) is 0 Å². The first-order valence-electron chi connectivity index (χ1n) is 7.38. The first kappa shape index (κ1) is 14.8. The molecule has 0 amide bonds. The molecule has 3 nitrogen and oxygen atoms in total. The molecule has 3 heteroatoms. The van der Waals surface area contributed by atoms with Gasteiger partial charge in [-0.3, -0.25) is 4.68 Å². The standard InChI is InChI=1S/C17H25N3/c1-5-15-10-16(20(4)19-15)11-17(18)14-8-6-13(7-9-14)12(2)3/h6-10,12,17H,5,11,18H2,1-4H3. The van der Waals surface area contributed by atoms with E-state index >= 15 is 0 Å². The highest BCUT2D eigenvalue weighted by molar-refractivity contribution is 5.27. The normalized spacial score (nSPS) is 12.9. The van der Waals surface area contributed by atoms with Gasteiger partial charge in [-0.05, 0) is 29.5 Å². The van der Waals surface area contributed by atoms with E-state index in [2.05, 4.69) is 56.2 Å². The Kier molecular flexibility index (Phi) is 4.61. The van der Waals surface area contributed by atoms with Crippen molar-refractivity contribution in [3.8, 4) is 0 Å². The predicted molar refractivity (Wildman–Crippen MR) is 83.7 cm³/mol. The molecule has 2 N–H and O–H groups in total. The number of nitrogens with zero attached hydrogens (tertiary/aromatic N) is 2. The third-order valence-corrected chi connectivity index (χ3v) is 3.85. The van der Waals surface area contributed by atoms with Gasteiger partial charge in [-0.25, -0.2) is 0 Å². The zero-order valence-electron chi connectivity index (χ0n) is 12.9. The minimum absolute atomic E-state index is 0.0244. The molecule has 20 heavy (non-hydrogen) atoms. The molecule has 1 heterocycles. The molecule has 1 unspecified atom stereocenters. The summed E-state index contributed by atoms with van der Waals surface area (Å²) < 4.78 is 1.95. The average molecular weight is 271 g/mol. The Hall–Kier alpha value is -1.61. The molecule has 0 spiro atoms. The Morgan fingerprint density at radius 3 is 2.25 bits per heavy atom. The molecule has 1 atom stereocenters. The maximum Gasteiger partial charge on any atom is 0.0624 e. The Balaban J connectivity index is 2.10. The molecule has 2 aromatic rings. The number of aryl methyl sites for hydroxylation is 2. The quantitative estimate of drug-likeness (QED) is 0.906. The summed E-state index contributed by atoms with van der Waals surface area (Å²) in [6.07, 6.45) is 1.79. The zero-order chi connectivity index (χ0) is 14.7. The molecule has 2 rings (SSSR count). The summed E-state index contributed by atoms with van der Waals surface area (Å²) in [4.78, 5) is 0. The van der Waals surface area contributed by atoms with Gasteiger partial charge in [0, 0.05) is 25.2 Å². The van der Waals surface area contributed by atoms with Gasteiger partial charge in [0.05, 0.1) is 5.69 Å². The summed E-state index contributed by atoms with van der Waals surface area (Å²) >= 11 is 0. The van der Waals surface area contributed by atoms with Crippen LogP contribution in [0.25, 0.3) is 0 Å². The molecule has 1 aromatic carbocycles. The second kappa shape index (κ2) is 6.23. The van der Waals surface area contributed by atoms with E-state index in [0.29, 0.717) is 5.92 Å². The van der Waals surface area contributed by atoms with E-state index in [4.69, 9.17) is 5.73 Å². The van der Waals surface area contributed by atoms with Crippen molar-refractivity contribution in [2.24, 2.45) is 12.8 Å². The Morgan fingerprint density at radius 1 is 1.15 bits per heavy atom. The highest BCUT2D eigenvalue weighted by atomic mass is 15.3. The predicted octanol–water partition coefficient (Wildman–Crippen LogP) is 3.35. The minimum atomic E-state index is 0.0244. The van der Waals surface area contributed by atoms with Crippen molar-refractivity contribution in [1.29, 1.82) is 0 Å². The topological polar surface area (TPSA) is 43.8 Å². The second-order valence-electron chi connectivity index (χ2n) is 5.74. The van der Waals surface area contributed by atoms with Crippen LogP contribution in [0, 0.1) is 0 Å². The largest absolute Gasteiger partial charge is 0.324 e. The maximum absolute atomic E-state index is 6.33. The molecule has 0 aliphatic rings. The molecule has 0 aliphatic heterocycles. The van der Waals surface area contributed by atoms with Gasteiger partial charge in [-0.15, -0.1) is 0 Å². The van der Waals surface area contributed by atoms with Crippen LogP contribution in [0.1, 0.15) is 55.2 Å². The van der Waals surface area contributed by atoms with Crippen LogP contribution in [-0.2, 0) is 19.9 Å². The smallest absolute Gasteiger partial charge is 0.0624 e. The van der Waals surface area contributed by atoms with Crippen LogP contribution in [0.15, 0.2) is 30.3 Å². The lowest BCUT2D eigenvalue weighted by molar-refractivity contribution is 0.638. The third-order valence-electron chi connectivity index (χ3n) is 3.85. The van der Waals surface area contributed by atoms with Crippen molar-refractivity contribution in [3.05, 3.63) is 52.8 Å². The molecule has 108 valence electrons. The summed E-state index contributed by atoms with van der Waals surface area (Å²) in [5.41, 5.74) is 11.2. The monoisotopic (exact) mass is 271 g/mol. The lowest BCUT2D eigenvalue weighted by atomic mass is 9.97. The summed E-state index contributed by atoms with van der Waals surface area (Å²) in [6.45, 7) is 6.53. The van der Waals surface area contributed by atoms with Crippen LogP contribution in [0.4, 0.5) is 0 Å². The van der Waals surface area contributed by atoms with E-state index in [-0.39, 0.29) is 6.04 Å². The molecular weight excluding hydrogens is 246 g/mol. The molecule has 0 radical (unpaired) electrons. The molecular formula is C17H25N3. The van der Waals surface area contributed by atoms with Crippen LogP contribution in [-0.4, -0.2) is 9.78 Å². The summed E-state index contributed by atoms with van der Waals surface area (Å²) in [6, 6.07) is 10.8. The Morgan fingerprint density at radius 2 is 1.75 bits per heavy atom. The van der Waals surface area contributed by atoms with Crippen LogP contribution < -0.4 is 5.73 Å². The van der Waals surface area contributed by atoms with Crippen molar-refractivity contribution in [3.63, 3.8) is 0 Å². The molecule has 0 saturated heterocycles. The summed E-state index contributed by atoms with van der Waals surface area (Å²) in [5.74, 6) is 0.560. The second-order valence-corrected chi connectivity index (χ2v) is 5.74. The van der Waals surface area contributed by atoms with Gasteiger partial charge >= 0.3 is 0 Å². The molecule has 0 aliphatic carbocycles. The molecule has 0 saturated carbocycles. The number of rotatable bonds is 5. The van der Waals surface area contributed by atoms with Crippen molar-refractivity contribution < 1.29 is 0 Å². The highest BCUT2D eigenvalue weighted by Gasteiger charge is 2.11. The minimum Gasteiger partial charge on any atom is -0.324 e.